The molecule has 0 aromatic heterocycles. The zero-order valence-electron chi connectivity index (χ0n) is 6.41. The topological polar surface area (TPSA) is 18.5 Å². The summed E-state index contributed by atoms with van der Waals surface area (Å²) < 4.78 is 10.9. The van der Waals surface area contributed by atoms with Gasteiger partial charge in [-0.05, 0) is 6.42 Å². The lowest BCUT2D eigenvalue weighted by atomic mass is 9.75. The zero-order valence-corrected chi connectivity index (χ0v) is 6.41. The van der Waals surface area contributed by atoms with Gasteiger partial charge in [0.25, 0.3) is 0 Å². The second-order valence-corrected chi connectivity index (χ2v) is 3.14. The van der Waals surface area contributed by atoms with Gasteiger partial charge >= 0.3 is 7.48 Å². The quantitative estimate of drug-likeness (QED) is 0.499. The fraction of sp³-hybridized carbons (Fsp3) is 1.00. The van der Waals surface area contributed by atoms with Crippen LogP contribution in [0.3, 0.4) is 0 Å². The molecule has 3 heteroatoms. The smallest absolute Gasteiger partial charge is 0.327 e. The van der Waals surface area contributed by atoms with Crippen LogP contribution in [-0.2, 0) is 9.39 Å². The van der Waals surface area contributed by atoms with Crippen molar-refractivity contribution in [1.82, 2.24) is 0 Å². The number of rotatable bonds is 1. The maximum Gasteiger partial charge on any atom is 0.327 e. The van der Waals surface area contributed by atoms with Gasteiger partial charge in [0.1, 0.15) is 0 Å². The summed E-state index contributed by atoms with van der Waals surface area (Å²) in [5.74, 6) is 0.583. The van der Waals surface area contributed by atoms with Crippen LogP contribution in [0.2, 0.25) is 0 Å². The summed E-state index contributed by atoms with van der Waals surface area (Å²) in [5, 5.41) is 0. The van der Waals surface area contributed by atoms with E-state index in [9.17, 15) is 0 Å². The number of hydrogen-bond donors (Lipinski definition) is 0. The van der Waals surface area contributed by atoms with E-state index in [0.717, 1.165) is 6.42 Å². The van der Waals surface area contributed by atoms with E-state index >= 15 is 0 Å². The zero-order chi connectivity index (χ0) is 7.14. The molecule has 55 valence electrons. The van der Waals surface area contributed by atoms with Crippen LogP contribution in [-0.4, -0.2) is 25.7 Å². The standard InChI is InChI=1S/C7H12BO2/c1-3-5-4(2)6-7(9-5)8-10-6/h4-7H,3H2,1-2H3/t4?,5-,6?,7+/m0/s1. The van der Waals surface area contributed by atoms with E-state index in [1.807, 2.05) is 0 Å². The van der Waals surface area contributed by atoms with Crippen LogP contribution in [0, 0.1) is 5.92 Å². The van der Waals surface area contributed by atoms with Gasteiger partial charge in [-0.3, -0.25) is 0 Å². The van der Waals surface area contributed by atoms with Gasteiger partial charge < -0.3 is 9.39 Å². The normalized spacial score (nSPS) is 51.4. The second-order valence-electron chi connectivity index (χ2n) is 3.14. The minimum Gasteiger partial charge on any atom is -0.432 e. The minimum absolute atomic E-state index is 0.306. The van der Waals surface area contributed by atoms with Gasteiger partial charge in [-0.25, -0.2) is 0 Å². The molecule has 1 radical (unpaired) electrons. The molecule has 2 saturated heterocycles. The van der Waals surface area contributed by atoms with Crippen LogP contribution in [0.5, 0.6) is 0 Å². The molecule has 2 heterocycles. The molecule has 0 saturated carbocycles. The number of fused-ring (bicyclic) bond motifs is 1. The molecular weight excluding hydrogens is 127 g/mol. The summed E-state index contributed by atoms with van der Waals surface area (Å²) in [6.45, 7) is 4.36. The highest BCUT2D eigenvalue weighted by molar-refractivity contribution is 6.33. The Morgan fingerprint density at radius 2 is 2.30 bits per heavy atom. The Balaban J connectivity index is 2.02. The van der Waals surface area contributed by atoms with Crippen LogP contribution < -0.4 is 0 Å². The monoisotopic (exact) mass is 139 g/mol. The van der Waals surface area contributed by atoms with Crippen LogP contribution in [0.25, 0.3) is 0 Å². The van der Waals surface area contributed by atoms with E-state index in [1.165, 1.54) is 0 Å². The first-order chi connectivity index (χ1) is 4.83. The summed E-state index contributed by atoms with van der Waals surface area (Å²) in [6.07, 6.45) is 1.89. The molecule has 0 aromatic carbocycles. The molecule has 2 rings (SSSR count). The van der Waals surface area contributed by atoms with Crippen LogP contribution in [0.4, 0.5) is 0 Å². The van der Waals surface area contributed by atoms with Gasteiger partial charge in [-0.1, -0.05) is 13.8 Å². The van der Waals surface area contributed by atoms with Gasteiger partial charge in [0.15, 0.2) is 0 Å². The molecule has 4 atom stereocenters. The average Bonchev–Trinajstić information content (AvgIpc) is 2.05. The highest BCUT2D eigenvalue weighted by Crippen LogP contribution is 2.35. The molecule has 10 heavy (non-hydrogen) atoms. The first-order valence-electron chi connectivity index (χ1n) is 3.97. The van der Waals surface area contributed by atoms with Crippen molar-refractivity contribution in [1.29, 1.82) is 0 Å². The molecule has 0 bridgehead atoms. The van der Waals surface area contributed by atoms with E-state index < -0.39 is 0 Å². The van der Waals surface area contributed by atoms with Gasteiger partial charge in [0.2, 0.25) is 0 Å². The summed E-state index contributed by atoms with van der Waals surface area (Å²) in [7, 11) is 1.80. The maximum atomic E-state index is 5.64. The molecule has 0 amide bonds. The molecule has 0 aromatic rings. The van der Waals surface area contributed by atoms with Crippen LogP contribution in [0.15, 0.2) is 0 Å². The summed E-state index contributed by atoms with van der Waals surface area (Å²) in [5.41, 5.74) is 0. The minimum atomic E-state index is 0.306. The summed E-state index contributed by atoms with van der Waals surface area (Å²) >= 11 is 0. The first-order valence-corrected chi connectivity index (χ1v) is 3.97. The Bertz CT molecular complexity index is 140. The lowest BCUT2D eigenvalue weighted by molar-refractivity contribution is 0.0173. The van der Waals surface area contributed by atoms with Gasteiger partial charge in [-0.15, -0.1) is 0 Å². The number of hydrogen-bond acceptors (Lipinski definition) is 2. The van der Waals surface area contributed by atoms with Crippen molar-refractivity contribution in [3.8, 4) is 0 Å². The van der Waals surface area contributed by atoms with E-state index in [0.29, 0.717) is 24.1 Å². The second kappa shape index (κ2) is 2.24. The first kappa shape index (κ1) is 6.68. The molecule has 2 nitrogen and oxygen atoms in total. The third-order valence-electron chi connectivity index (χ3n) is 2.53. The van der Waals surface area contributed by atoms with E-state index in [-0.39, 0.29) is 0 Å². The highest BCUT2D eigenvalue weighted by atomic mass is 16.6. The number of ether oxygens (including phenoxy) is 1. The van der Waals surface area contributed by atoms with Gasteiger partial charge in [0.05, 0.1) is 18.2 Å². The predicted molar refractivity (Wildman–Crippen MR) is 38.7 cm³/mol. The molecule has 2 aliphatic heterocycles. The van der Waals surface area contributed by atoms with Crippen LogP contribution >= 0.6 is 0 Å². The predicted octanol–water partition coefficient (Wildman–Crippen LogP) is 0.775. The van der Waals surface area contributed by atoms with E-state index in [4.69, 9.17) is 9.39 Å². The van der Waals surface area contributed by atoms with Crippen molar-refractivity contribution in [3.05, 3.63) is 0 Å². The Morgan fingerprint density at radius 1 is 1.50 bits per heavy atom. The molecule has 2 unspecified atom stereocenters. The summed E-state index contributed by atoms with van der Waals surface area (Å²) in [6, 6.07) is 0.306. The maximum absolute atomic E-state index is 5.64. The summed E-state index contributed by atoms with van der Waals surface area (Å²) in [4.78, 5) is 0. The van der Waals surface area contributed by atoms with Crippen molar-refractivity contribution in [3.63, 3.8) is 0 Å². The molecule has 2 fully saturated rings. The molecule has 0 N–H and O–H groups in total. The molecule has 0 aliphatic carbocycles. The third kappa shape index (κ3) is 0.737. The average molecular weight is 139 g/mol. The van der Waals surface area contributed by atoms with Gasteiger partial charge in [-0.2, -0.15) is 0 Å². The van der Waals surface area contributed by atoms with Gasteiger partial charge in [0, 0.05) is 5.92 Å². The molecule has 2 aliphatic rings. The Labute approximate surface area is 62.2 Å². The fourth-order valence-electron chi connectivity index (χ4n) is 1.77. The third-order valence-corrected chi connectivity index (χ3v) is 2.53. The Morgan fingerprint density at radius 3 is 2.60 bits per heavy atom. The van der Waals surface area contributed by atoms with E-state index in [1.54, 1.807) is 7.48 Å². The lowest BCUT2D eigenvalue weighted by Crippen LogP contribution is -2.47. The SMILES string of the molecule is CC[C@@H]1O[C@H]2[B]OC2C1C. The van der Waals surface area contributed by atoms with Crippen molar-refractivity contribution in [2.24, 2.45) is 5.92 Å². The van der Waals surface area contributed by atoms with Crippen LogP contribution in [0.1, 0.15) is 20.3 Å². The van der Waals surface area contributed by atoms with Crippen molar-refractivity contribution in [2.45, 2.75) is 38.5 Å². The lowest BCUT2D eigenvalue weighted by Gasteiger charge is -2.30. The van der Waals surface area contributed by atoms with E-state index in [2.05, 4.69) is 13.8 Å². The largest absolute Gasteiger partial charge is 0.432 e. The molecule has 0 spiro atoms. The highest BCUT2D eigenvalue weighted by Gasteiger charge is 2.48. The Hall–Kier alpha value is -0.0151. The van der Waals surface area contributed by atoms with Crippen molar-refractivity contribution >= 4 is 7.48 Å². The molecular formula is C7H12BO2. The Kier molecular flexibility index (Phi) is 1.50. The fourth-order valence-corrected chi connectivity index (χ4v) is 1.77. The van der Waals surface area contributed by atoms with Crippen molar-refractivity contribution < 1.29 is 9.39 Å². The van der Waals surface area contributed by atoms with Crippen molar-refractivity contribution in [2.75, 3.05) is 0 Å².